The molecule has 0 unspecified atom stereocenters. The van der Waals surface area contributed by atoms with Gasteiger partial charge in [0.25, 0.3) is 0 Å². The van der Waals surface area contributed by atoms with Gasteiger partial charge in [0.2, 0.25) is 0 Å². The maximum atomic E-state index is 4.12. The van der Waals surface area contributed by atoms with Crippen LogP contribution >= 0.6 is 0 Å². The summed E-state index contributed by atoms with van der Waals surface area (Å²) in [4.78, 5) is 11.0. The molecule has 1 aliphatic heterocycles. The van der Waals surface area contributed by atoms with Gasteiger partial charge in [0.15, 0.2) is 0 Å². The number of nitrogens with zero attached hydrogens (tertiary/aromatic N) is 3. The zero-order chi connectivity index (χ0) is 19.1. The first kappa shape index (κ1) is 19.1. The molecule has 3 heteroatoms. The van der Waals surface area contributed by atoms with Crippen molar-refractivity contribution in [2.75, 3.05) is 13.1 Å². The van der Waals surface area contributed by atoms with Crippen molar-refractivity contribution in [3.63, 3.8) is 0 Å². The maximum absolute atomic E-state index is 4.12. The van der Waals surface area contributed by atoms with Gasteiger partial charge in [-0.2, -0.15) is 0 Å². The van der Waals surface area contributed by atoms with E-state index >= 15 is 0 Å². The number of likely N-dealkylation sites (tertiary alicyclic amines) is 1. The summed E-state index contributed by atoms with van der Waals surface area (Å²) < 4.78 is 0. The van der Waals surface area contributed by atoms with Gasteiger partial charge in [-0.25, -0.2) is 0 Å². The second-order valence-electron chi connectivity index (χ2n) is 8.05. The molecule has 5 rings (SSSR count). The van der Waals surface area contributed by atoms with E-state index in [0.717, 1.165) is 11.0 Å². The van der Waals surface area contributed by atoms with Gasteiger partial charge in [-0.05, 0) is 56.5 Å². The Bertz CT molecular complexity index is 784. The number of para-hydroxylation sites is 2. The Hall–Kier alpha value is -2.26. The van der Waals surface area contributed by atoms with Crippen molar-refractivity contribution in [2.24, 2.45) is 0 Å². The van der Waals surface area contributed by atoms with E-state index < -0.39 is 0 Å². The van der Waals surface area contributed by atoms with Crippen LogP contribution < -0.4 is 0 Å². The molecule has 1 aliphatic carbocycles. The number of aromatic nitrogens is 2. The van der Waals surface area contributed by atoms with Crippen LogP contribution in [0, 0.1) is 0 Å². The lowest BCUT2D eigenvalue weighted by atomic mass is 9.74. The predicted octanol–water partition coefficient (Wildman–Crippen LogP) is 5.96. The van der Waals surface area contributed by atoms with Gasteiger partial charge in [0, 0.05) is 17.9 Å². The van der Waals surface area contributed by atoms with E-state index in [2.05, 4.69) is 45.2 Å². The normalized spacial score (nSPS) is 19.6. The highest BCUT2D eigenvalue weighted by atomic mass is 15.2. The summed E-state index contributed by atoms with van der Waals surface area (Å²) in [6, 6.07) is 19.1. The van der Waals surface area contributed by atoms with Crippen LogP contribution in [0.1, 0.15) is 56.9 Å². The molecule has 0 spiro atoms. The van der Waals surface area contributed by atoms with Crippen molar-refractivity contribution >= 4 is 11.0 Å². The van der Waals surface area contributed by atoms with Crippen molar-refractivity contribution in [2.45, 2.75) is 56.9 Å². The zero-order valence-corrected chi connectivity index (χ0v) is 16.8. The van der Waals surface area contributed by atoms with Gasteiger partial charge in [-0.3, -0.25) is 14.9 Å². The smallest absolute Gasteiger partial charge is 0.0886 e. The molecule has 3 aromatic rings. The summed E-state index contributed by atoms with van der Waals surface area (Å²) >= 11 is 0. The topological polar surface area (TPSA) is 29.0 Å². The lowest BCUT2D eigenvalue weighted by Crippen LogP contribution is -2.49. The molecule has 0 amide bonds. The third-order valence-corrected chi connectivity index (χ3v) is 6.33. The summed E-state index contributed by atoms with van der Waals surface area (Å²) in [6.07, 6.45) is 14.6. The molecule has 1 aromatic heterocycles. The van der Waals surface area contributed by atoms with Crippen molar-refractivity contribution in [3.8, 4) is 0 Å². The fourth-order valence-electron chi connectivity index (χ4n) is 4.90. The molecule has 2 aliphatic rings. The van der Waals surface area contributed by atoms with Crippen LogP contribution in [-0.2, 0) is 5.54 Å². The monoisotopic (exact) mass is 373 g/mol. The second-order valence-corrected chi connectivity index (χ2v) is 8.05. The van der Waals surface area contributed by atoms with Gasteiger partial charge in [-0.1, -0.05) is 68.1 Å². The number of hydrogen-bond acceptors (Lipinski definition) is 3. The minimum Gasteiger partial charge on any atom is -0.294 e. The quantitative estimate of drug-likeness (QED) is 0.555. The molecule has 0 radical (unpaired) electrons. The minimum absolute atomic E-state index is 0.375. The molecule has 0 bridgehead atoms. The Morgan fingerprint density at radius 2 is 1.14 bits per heavy atom. The highest BCUT2D eigenvalue weighted by molar-refractivity contribution is 5.72. The number of piperidine rings is 1. The van der Waals surface area contributed by atoms with E-state index in [9.17, 15) is 0 Å². The molecule has 2 aromatic carbocycles. The summed E-state index contributed by atoms with van der Waals surface area (Å²) in [5.41, 5.74) is 3.85. The molecule has 1 saturated heterocycles. The van der Waals surface area contributed by atoms with Gasteiger partial charge in [0.05, 0.1) is 11.0 Å². The van der Waals surface area contributed by atoms with Gasteiger partial charge in [0.1, 0.15) is 0 Å². The Kier molecular flexibility index (Phi) is 6.33. The Morgan fingerprint density at radius 1 is 0.607 bits per heavy atom. The lowest BCUT2D eigenvalue weighted by molar-refractivity contribution is 0.0303. The van der Waals surface area contributed by atoms with E-state index in [0.29, 0.717) is 5.54 Å². The van der Waals surface area contributed by atoms with Crippen LogP contribution in [0.5, 0.6) is 0 Å². The van der Waals surface area contributed by atoms with Crippen LogP contribution in [-0.4, -0.2) is 28.0 Å². The summed E-state index contributed by atoms with van der Waals surface area (Å²) in [5, 5.41) is 0. The fourth-order valence-corrected chi connectivity index (χ4v) is 4.90. The van der Waals surface area contributed by atoms with Gasteiger partial charge < -0.3 is 0 Å². The van der Waals surface area contributed by atoms with Crippen molar-refractivity contribution in [3.05, 3.63) is 72.6 Å². The van der Waals surface area contributed by atoms with Crippen LogP contribution in [0.25, 0.3) is 11.0 Å². The van der Waals surface area contributed by atoms with Crippen LogP contribution in [0.4, 0.5) is 0 Å². The molecule has 0 atom stereocenters. The fraction of sp³-hybridized carbons (Fsp3) is 0.440. The highest BCUT2D eigenvalue weighted by Crippen LogP contribution is 2.43. The van der Waals surface area contributed by atoms with E-state index in [1.54, 1.807) is 18.0 Å². The lowest BCUT2D eigenvalue weighted by Gasteiger charge is -2.48. The number of hydrogen-bond donors (Lipinski definition) is 0. The SMILES string of the molecule is c1ccc(C2(N3CCCCC3)CCCCC2)cc1.c1ccc2nccnc2c1. The number of rotatable bonds is 2. The molecule has 146 valence electrons. The van der Waals surface area contributed by atoms with Crippen molar-refractivity contribution in [1.82, 2.24) is 14.9 Å². The Balaban J connectivity index is 0.000000162. The first-order valence-corrected chi connectivity index (χ1v) is 10.8. The zero-order valence-electron chi connectivity index (χ0n) is 16.8. The molecule has 3 nitrogen and oxygen atoms in total. The third-order valence-electron chi connectivity index (χ3n) is 6.33. The molecule has 28 heavy (non-hydrogen) atoms. The second kappa shape index (κ2) is 9.29. The maximum Gasteiger partial charge on any atom is 0.0886 e. The summed E-state index contributed by atoms with van der Waals surface area (Å²) in [5.74, 6) is 0. The molecule has 1 saturated carbocycles. The van der Waals surface area contributed by atoms with Gasteiger partial charge >= 0.3 is 0 Å². The number of benzene rings is 2. The standard InChI is InChI=1S/C17H25N.C8H6N2/c1-4-10-16(11-5-1)17(12-6-2-7-13-17)18-14-8-3-9-15-18;1-2-4-8-7(3-1)9-5-6-10-8/h1,4-5,10-11H,2-3,6-9,12-15H2;1-6H. The van der Waals surface area contributed by atoms with Crippen LogP contribution in [0.15, 0.2) is 67.0 Å². The number of fused-ring (bicyclic) bond motifs is 1. The first-order valence-electron chi connectivity index (χ1n) is 10.8. The van der Waals surface area contributed by atoms with E-state index in [-0.39, 0.29) is 0 Å². The molecule has 2 heterocycles. The van der Waals surface area contributed by atoms with Crippen LogP contribution in [0.2, 0.25) is 0 Å². The van der Waals surface area contributed by atoms with Crippen molar-refractivity contribution in [1.29, 1.82) is 0 Å². The molecular formula is C25H31N3. The third kappa shape index (κ3) is 4.25. The summed E-state index contributed by atoms with van der Waals surface area (Å²) in [7, 11) is 0. The molecule has 2 fully saturated rings. The minimum atomic E-state index is 0.375. The Morgan fingerprint density at radius 3 is 1.75 bits per heavy atom. The average molecular weight is 374 g/mol. The summed E-state index contributed by atoms with van der Waals surface area (Å²) in [6.45, 7) is 2.63. The van der Waals surface area contributed by atoms with Crippen LogP contribution in [0.3, 0.4) is 0 Å². The molecular weight excluding hydrogens is 342 g/mol. The highest BCUT2D eigenvalue weighted by Gasteiger charge is 2.39. The molecule has 0 N–H and O–H groups in total. The van der Waals surface area contributed by atoms with E-state index in [1.807, 2.05) is 24.3 Å². The predicted molar refractivity (Wildman–Crippen MR) is 116 cm³/mol. The van der Waals surface area contributed by atoms with E-state index in [1.165, 1.54) is 64.5 Å². The Labute approximate surface area is 168 Å². The average Bonchev–Trinajstić information content (AvgIpc) is 2.81. The first-order chi connectivity index (χ1) is 13.9. The van der Waals surface area contributed by atoms with E-state index in [4.69, 9.17) is 0 Å². The largest absolute Gasteiger partial charge is 0.294 e. The van der Waals surface area contributed by atoms with Gasteiger partial charge in [-0.15, -0.1) is 0 Å². The van der Waals surface area contributed by atoms with Crippen molar-refractivity contribution < 1.29 is 0 Å².